The maximum atomic E-state index is 11.0. The number of ether oxygens (including phenoxy) is 1. The number of rotatable bonds is 11. The van der Waals surface area contributed by atoms with Crippen LogP contribution in [0.2, 0.25) is 0 Å². The molecule has 0 saturated heterocycles. The molecule has 0 radical (unpaired) electrons. The highest BCUT2D eigenvalue weighted by Gasteiger charge is 2.23. The van der Waals surface area contributed by atoms with Crippen LogP contribution in [-0.4, -0.2) is 32.3 Å². The summed E-state index contributed by atoms with van der Waals surface area (Å²) in [5, 5.41) is 14.0. The molecular formula is C25H31N3O3. The van der Waals surface area contributed by atoms with Crippen molar-refractivity contribution in [2.75, 3.05) is 6.61 Å². The van der Waals surface area contributed by atoms with Crippen LogP contribution >= 0.6 is 0 Å². The van der Waals surface area contributed by atoms with E-state index in [9.17, 15) is 4.79 Å². The molecule has 6 nitrogen and oxygen atoms in total. The number of aliphatic carboxylic acids is 1. The van der Waals surface area contributed by atoms with Gasteiger partial charge < -0.3 is 9.84 Å². The molecule has 6 heteroatoms. The van der Waals surface area contributed by atoms with Gasteiger partial charge >= 0.3 is 5.97 Å². The Kier molecular flexibility index (Phi) is 6.66. The fraction of sp³-hybridized carbons (Fsp3) is 0.480. The summed E-state index contributed by atoms with van der Waals surface area (Å²) in [6.45, 7) is 5.46. The van der Waals surface area contributed by atoms with E-state index >= 15 is 0 Å². The zero-order valence-corrected chi connectivity index (χ0v) is 18.4. The average molecular weight is 422 g/mol. The summed E-state index contributed by atoms with van der Waals surface area (Å²) in [6, 6.07) is 6.44. The number of hydrogen-bond acceptors (Lipinski definition) is 4. The van der Waals surface area contributed by atoms with Crippen LogP contribution in [-0.2, 0) is 29.0 Å². The number of fused-ring (bicyclic) bond motifs is 1. The topological polar surface area (TPSA) is 76.7 Å². The molecule has 0 spiro atoms. The molecular weight excluding hydrogens is 390 g/mol. The minimum atomic E-state index is -0.746. The third-order valence-corrected chi connectivity index (χ3v) is 5.94. The Labute approximate surface area is 183 Å². The molecule has 31 heavy (non-hydrogen) atoms. The van der Waals surface area contributed by atoms with Gasteiger partial charge in [-0.3, -0.25) is 9.78 Å². The number of carboxylic acid groups (broad SMARTS) is 1. The van der Waals surface area contributed by atoms with Crippen LogP contribution in [0.3, 0.4) is 0 Å². The largest absolute Gasteiger partial charge is 0.481 e. The first-order valence-corrected chi connectivity index (χ1v) is 11.3. The maximum absolute atomic E-state index is 11.0. The Morgan fingerprint density at radius 3 is 2.81 bits per heavy atom. The van der Waals surface area contributed by atoms with E-state index in [1.165, 1.54) is 12.8 Å². The molecule has 1 aliphatic carbocycles. The van der Waals surface area contributed by atoms with E-state index in [1.807, 2.05) is 16.9 Å². The van der Waals surface area contributed by atoms with Gasteiger partial charge in [-0.05, 0) is 80.7 Å². The molecule has 0 aliphatic heterocycles. The van der Waals surface area contributed by atoms with Crippen LogP contribution in [0, 0.1) is 12.8 Å². The van der Waals surface area contributed by atoms with Crippen molar-refractivity contribution in [3.63, 3.8) is 0 Å². The summed E-state index contributed by atoms with van der Waals surface area (Å²) in [5.74, 6) is -0.0511. The van der Waals surface area contributed by atoms with E-state index in [0.29, 0.717) is 18.9 Å². The Bertz CT molecular complexity index is 1070. The molecule has 1 N–H and O–H groups in total. The molecule has 1 aliphatic rings. The number of nitrogens with zero attached hydrogens (tertiary/aromatic N) is 3. The van der Waals surface area contributed by atoms with E-state index in [1.54, 1.807) is 0 Å². The number of unbranched alkanes of at least 4 members (excludes halogenated alkanes) is 1. The number of carboxylic acids is 1. The minimum absolute atomic E-state index is 0.190. The monoisotopic (exact) mass is 421 g/mol. The maximum Gasteiger partial charge on any atom is 0.303 e. The number of pyridine rings is 1. The molecule has 164 valence electrons. The number of hydrogen-bond donors (Lipinski definition) is 1. The number of aromatic nitrogens is 3. The van der Waals surface area contributed by atoms with Gasteiger partial charge in [-0.1, -0.05) is 6.92 Å². The van der Waals surface area contributed by atoms with Crippen molar-refractivity contribution in [2.45, 2.75) is 65.4 Å². The third-order valence-electron chi connectivity index (χ3n) is 5.94. The first-order valence-electron chi connectivity index (χ1n) is 11.3. The van der Waals surface area contributed by atoms with Gasteiger partial charge in [0.05, 0.1) is 17.8 Å². The zero-order valence-electron chi connectivity index (χ0n) is 18.4. The van der Waals surface area contributed by atoms with Crippen molar-refractivity contribution in [3.05, 3.63) is 53.1 Å². The van der Waals surface area contributed by atoms with Gasteiger partial charge in [-0.25, -0.2) is 4.52 Å². The first-order chi connectivity index (χ1) is 15.1. The lowest BCUT2D eigenvalue weighted by Gasteiger charge is -2.18. The normalized spacial score (nSPS) is 13.7. The number of carbonyl (C=O) groups is 1. The molecule has 4 rings (SSSR count). The van der Waals surface area contributed by atoms with E-state index < -0.39 is 5.97 Å². The summed E-state index contributed by atoms with van der Waals surface area (Å²) in [6.07, 6.45) is 9.60. The Hall–Kier alpha value is -2.73. The molecule has 3 heterocycles. The molecule has 3 aromatic heterocycles. The van der Waals surface area contributed by atoms with Gasteiger partial charge in [0.15, 0.2) is 0 Å². The van der Waals surface area contributed by atoms with E-state index in [0.717, 1.165) is 65.0 Å². The quantitative estimate of drug-likeness (QED) is 0.441. The van der Waals surface area contributed by atoms with Gasteiger partial charge in [0.25, 0.3) is 0 Å². The predicted octanol–water partition coefficient (Wildman–Crippen LogP) is 4.99. The van der Waals surface area contributed by atoms with Gasteiger partial charge in [-0.15, -0.1) is 0 Å². The summed E-state index contributed by atoms with van der Waals surface area (Å²) in [4.78, 5) is 15.4. The standard InChI is InChI=1S/C25H31N3O3/c1-3-20-10-11-23-25(19-12-17(2)13-26-14-19)21(6-4-5-7-24(29)30)22(27-28(20)23)16-31-15-18-8-9-18/h10-14,18H,3-9,15-16H2,1-2H3,(H,29,30). The van der Waals surface area contributed by atoms with Gasteiger partial charge in [0.2, 0.25) is 0 Å². The second kappa shape index (κ2) is 9.60. The summed E-state index contributed by atoms with van der Waals surface area (Å²) >= 11 is 0. The van der Waals surface area contributed by atoms with Crippen LogP contribution in [0.1, 0.15) is 61.5 Å². The molecule has 1 saturated carbocycles. The van der Waals surface area contributed by atoms with Gasteiger partial charge in [0, 0.05) is 42.2 Å². The second-order valence-electron chi connectivity index (χ2n) is 8.59. The number of aryl methyl sites for hydroxylation is 2. The van der Waals surface area contributed by atoms with Gasteiger partial charge in [0.1, 0.15) is 0 Å². The molecule has 0 aromatic carbocycles. The fourth-order valence-corrected chi connectivity index (χ4v) is 4.11. The van der Waals surface area contributed by atoms with Crippen LogP contribution in [0.4, 0.5) is 0 Å². The molecule has 0 atom stereocenters. The van der Waals surface area contributed by atoms with Crippen LogP contribution in [0.5, 0.6) is 0 Å². The Balaban J connectivity index is 1.78. The highest BCUT2D eigenvalue weighted by Crippen LogP contribution is 2.34. The van der Waals surface area contributed by atoms with E-state index in [4.69, 9.17) is 14.9 Å². The Morgan fingerprint density at radius 1 is 1.26 bits per heavy atom. The zero-order chi connectivity index (χ0) is 21.8. The third kappa shape index (κ3) is 5.13. The van der Waals surface area contributed by atoms with Crippen molar-refractivity contribution in [3.8, 4) is 11.1 Å². The smallest absolute Gasteiger partial charge is 0.303 e. The lowest BCUT2D eigenvalue weighted by molar-refractivity contribution is -0.137. The second-order valence-corrected chi connectivity index (χ2v) is 8.59. The highest BCUT2D eigenvalue weighted by molar-refractivity contribution is 5.83. The molecule has 1 fully saturated rings. The fourth-order valence-electron chi connectivity index (χ4n) is 4.11. The van der Waals surface area contributed by atoms with Crippen molar-refractivity contribution in [1.29, 1.82) is 0 Å². The molecule has 3 aromatic rings. The van der Waals surface area contributed by atoms with Crippen molar-refractivity contribution in [1.82, 2.24) is 14.6 Å². The molecule has 0 amide bonds. The summed E-state index contributed by atoms with van der Waals surface area (Å²) in [7, 11) is 0. The van der Waals surface area contributed by atoms with Crippen molar-refractivity contribution in [2.24, 2.45) is 5.92 Å². The minimum Gasteiger partial charge on any atom is -0.481 e. The molecule has 0 unspecified atom stereocenters. The molecule has 0 bridgehead atoms. The van der Waals surface area contributed by atoms with Crippen molar-refractivity contribution < 1.29 is 14.6 Å². The van der Waals surface area contributed by atoms with Crippen molar-refractivity contribution >= 4 is 11.5 Å². The van der Waals surface area contributed by atoms with Gasteiger partial charge in [-0.2, -0.15) is 5.10 Å². The van der Waals surface area contributed by atoms with Crippen LogP contribution in [0.25, 0.3) is 16.6 Å². The lowest BCUT2D eigenvalue weighted by atomic mass is 9.95. The predicted molar refractivity (Wildman–Crippen MR) is 120 cm³/mol. The summed E-state index contributed by atoms with van der Waals surface area (Å²) in [5.41, 5.74) is 7.67. The summed E-state index contributed by atoms with van der Waals surface area (Å²) < 4.78 is 8.11. The first kappa shape index (κ1) is 21.5. The Morgan fingerprint density at radius 2 is 2.10 bits per heavy atom. The average Bonchev–Trinajstić information content (AvgIpc) is 3.48. The van der Waals surface area contributed by atoms with Crippen LogP contribution < -0.4 is 0 Å². The highest BCUT2D eigenvalue weighted by atomic mass is 16.5. The SMILES string of the molecule is CCc1ccc2c(-c3cncc(C)c3)c(CCCCC(=O)O)c(COCC3CC3)nn12. The van der Waals surface area contributed by atoms with E-state index in [2.05, 4.69) is 37.0 Å². The van der Waals surface area contributed by atoms with E-state index in [-0.39, 0.29) is 6.42 Å². The lowest BCUT2D eigenvalue weighted by Crippen LogP contribution is -2.11. The van der Waals surface area contributed by atoms with Crippen LogP contribution in [0.15, 0.2) is 30.6 Å².